The smallest absolute Gasteiger partial charge is 0.317 e. The van der Waals surface area contributed by atoms with Crippen molar-refractivity contribution in [1.29, 1.82) is 0 Å². The second-order valence-corrected chi connectivity index (χ2v) is 8.81. The van der Waals surface area contributed by atoms with Crippen LogP contribution in [0.5, 0.6) is 0 Å². The Morgan fingerprint density at radius 2 is 1.92 bits per heavy atom. The molecule has 2 N–H and O–H groups in total. The first-order chi connectivity index (χ1) is 12.5. The van der Waals surface area contributed by atoms with E-state index >= 15 is 0 Å². The van der Waals surface area contributed by atoms with Crippen LogP contribution in [0.1, 0.15) is 32.1 Å². The van der Waals surface area contributed by atoms with E-state index in [9.17, 15) is 9.59 Å². The number of benzene rings is 1. The molecule has 0 heterocycles. The first-order valence-corrected chi connectivity index (χ1v) is 10.5. The third-order valence-corrected chi connectivity index (χ3v) is 6.20. The van der Waals surface area contributed by atoms with Crippen molar-refractivity contribution in [2.24, 2.45) is 5.92 Å². The van der Waals surface area contributed by atoms with E-state index in [0.717, 1.165) is 30.0 Å². The maximum Gasteiger partial charge on any atom is 0.317 e. The fourth-order valence-corrected chi connectivity index (χ4v) is 4.22. The molecule has 7 heteroatoms. The van der Waals surface area contributed by atoms with Gasteiger partial charge in [-0.25, -0.2) is 0 Å². The van der Waals surface area contributed by atoms with Crippen molar-refractivity contribution in [2.75, 3.05) is 18.8 Å². The summed E-state index contributed by atoms with van der Waals surface area (Å²) in [4.78, 5) is 26.3. The molecule has 3 rings (SSSR count). The van der Waals surface area contributed by atoms with Crippen LogP contribution < -0.4 is 5.32 Å². The van der Waals surface area contributed by atoms with Gasteiger partial charge in [0.1, 0.15) is 0 Å². The molecule has 1 aromatic carbocycles. The fraction of sp³-hybridized carbons (Fsp3) is 0.579. The van der Waals surface area contributed by atoms with Crippen molar-refractivity contribution in [3.05, 3.63) is 29.3 Å². The van der Waals surface area contributed by atoms with Crippen LogP contribution >= 0.6 is 23.4 Å². The number of carboxylic acids is 1. The highest BCUT2D eigenvalue weighted by molar-refractivity contribution is 7.99. The van der Waals surface area contributed by atoms with E-state index in [0.29, 0.717) is 23.4 Å². The average molecular weight is 397 g/mol. The molecule has 1 amide bonds. The predicted molar refractivity (Wildman–Crippen MR) is 104 cm³/mol. The van der Waals surface area contributed by atoms with E-state index in [1.54, 1.807) is 11.8 Å². The average Bonchev–Trinajstić information content (AvgIpc) is 3.35. The Kier molecular flexibility index (Phi) is 6.84. The molecule has 1 aromatic rings. The lowest BCUT2D eigenvalue weighted by molar-refractivity contribution is -0.140. The molecule has 2 fully saturated rings. The van der Waals surface area contributed by atoms with Crippen LogP contribution in [0.4, 0.5) is 0 Å². The number of hydrogen-bond donors (Lipinski definition) is 2. The minimum atomic E-state index is -0.766. The number of nitrogens with zero attached hydrogens (tertiary/aromatic N) is 1. The van der Waals surface area contributed by atoms with Crippen LogP contribution in [-0.4, -0.2) is 52.8 Å². The summed E-state index contributed by atoms with van der Waals surface area (Å²) in [5.74, 6) is 0.711. The van der Waals surface area contributed by atoms with Gasteiger partial charge in [-0.2, -0.15) is 0 Å². The lowest BCUT2D eigenvalue weighted by Gasteiger charge is -2.42. The van der Waals surface area contributed by atoms with Gasteiger partial charge in [0.2, 0.25) is 5.91 Å². The molecule has 0 atom stereocenters. The highest BCUT2D eigenvalue weighted by Crippen LogP contribution is 2.33. The van der Waals surface area contributed by atoms with Crippen LogP contribution in [0, 0.1) is 5.92 Å². The molecule has 2 aliphatic carbocycles. The van der Waals surface area contributed by atoms with E-state index in [1.165, 1.54) is 12.8 Å². The largest absolute Gasteiger partial charge is 0.480 e. The van der Waals surface area contributed by atoms with E-state index in [4.69, 9.17) is 16.7 Å². The van der Waals surface area contributed by atoms with Crippen molar-refractivity contribution in [2.45, 2.75) is 49.1 Å². The molecule has 0 unspecified atom stereocenters. The van der Waals surface area contributed by atoms with Crippen molar-refractivity contribution in [3.8, 4) is 0 Å². The van der Waals surface area contributed by atoms with Crippen LogP contribution in [0.15, 0.2) is 29.2 Å². The molecule has 0 bridgehead atoms. The van der Waals surface area contributed by atoms with E-state index < -0.39 is 5.97 Å². The first kappa shape index (κ1) is 19.5. The molecular weight excluding hydrogens is 372 g/mol. The zero-order valence-electron chi connectivity index (χ0n) is 14.7. The van der Waals surface area contributed by atoms with Gasteiger partial charge in [-0.15, -0.1) is 11.8 Å². The topological polar surface area (TPSA) is 69.6 Å². The normalized spacial score (nSPS) is 22.1. The molecule has 2 saturated carbocycles. The van der Waals surface area contributed by atoms with E-state index in [1.807, 2.05) is 24.3 Å². The Morgan fingerprint density at radius 1 is 1.23 bits per heavy atom. The van der Waals surface area contributed by atoms with Crippen LogP contribution in [-0.2, 0) is 9.59 Å². The maximum atomic E-state index is 12.1. The first-order valence-electron chi connectivity index (χ1n) is 9.13. The highest BCUT2D eigenvalue weighted by Gasteiger charge is 2.37. The predicted octanol–water partition coefficient (Wildman–Crippen LogP) is 3.27. The van der Waals surface area contributed by atoms with Gasteiger partial charge in [0, 0.05) is 40.7 Å². The summed E-state index contributed by atoms with van der Waals surface area (Å²) < 4.78 is 0. The summed E-state index contributed by atoms with van der Waals surface area (Å²) in [6, 6.07) is 8.09. The summed E-state index contributed by atoms with van der Waals surface area (Å²) in [7, 11) is 0. The molecule has 0 aliphatic heterocycles. The summed E-state index contributed by atoms with van der Waals surface area (Å²) in [6.07, 6.45) is 4.63. The quantitative estimate of drug-likeness (QED) is 0.594. The second kappa shape index (κ2) is 9.11. The maximum absolute atomic E-state index is 12.1. The molecule has 0 saturated heterocycles. The Morgan fingerprint density at radius 3 is 2.54 bits per heavy atom. The SMILES string of the molecule is O=C(O)CN(CC1CC1)C1CC(NC(=O)CCSc2ccc(Cl)cc2)C1. The van der Waals surface area contributed by atoms with Gasteiger partial charge in [-0.1, -0.05) is 11.6 Å². The fourth-order valence-electron chi connectivity index (χ4n) is 3.24. The summed E-state index contributed by atoms with van der Waals surface area (Å²) in [6.45, 7) is 0.995. The van der Waals surface area contributed by atoms with Crippen molar-refractivity contribution >= 4 is 35.2 Å². The van der Waals surface area contributed by atoms with Gasteiger partial charge < -0.3 is 10.4 Å². The number of carbonyl (C=O) groups excluding carboxylic acids is 1. The summed E-state index contributed by atoms with van der Waals surface area (Å²) in [5, 5.41) is 12.9. The minimum Gasteiger partial charge on any atom is -0.480 e. The number of thioether (sulfide) groups is 1. The lowest BCUT2D eigenvalue weighted by Crippen LogP contribution is -2.55. The van der Waals surface area contributed by atoms with E-state index in [2.05, 4.69) is 10.2 Å². The zero-order valence-corrected chi connectivity index (χ0v) is 16.3. The number of rotatable bonds is 10. The van der Waals surface area contributed by atoms with Crippen LogP contribution in [0.2, 0.25) is 5.02 Å². The van der Waals surface area contributed by atoms with Gasteiger partial charge in [-0.05, 0) is 55.9 Å². The highest BCUT2D eigenvalue weighted by atomic mass is 35.5. The van der Waals surface area contributed by atoms with Crippen LogP contribution in [0.25, 0.3) is 0 Å². The van der Waals surface area contributed by atoms with Crippen molar-refractivity contribution in [1.82, 2.24) is 10.2 Å². The molecule has 2 aliphatic rings. The number of amides is 1. The summed E-state index contributed by atoms with van der Waals surface area (Å²) in [5.41, 5.74) is 0. The Bertz CT molecular complexity index is 630. The molecule has 0 spiro atoms. The third kappa shape index (κ3) is 6.18. The Labute approximate surface area is 163 Å². The zero-order chi connectivity index (χ0) is 18.5. The van der Waals surface area contributed by atoms with E-state index in [-0.39, 0.29) is 18.5 Å². The third-order valence-electron chi connectivity index (χ3n) is 4.93. The molecule has 0 radical (unpaired) electrons. The van der Waals surface area contributed by atoms with Gasteiger partial charge in [0.05, 0.1) is 6.54 Å². The molecule has 5 nitrogen and oxygen atoms in total. The monoisotopic (exact) mass is 396 g/mol. The Balaban J connectivity index is 1.33. The minimum absolute atomic E-state index is 0.0712. The Hall–Kier alpha value is -1.24. The van der Waals surface area contributed by atoms with Gasteiger partial charge >= 0.3 is 5.97 Å². The lowest BCUT2D eigenvalue weighted by atomic mass is 9.85. The summed E-state index contributed by atoms with van der Waals surface area (Å²) >= 11 is 7.50. The standard InChI is InChI=1S/C19H25ClN2O3S/c20-14-3-5-17(6-4-14)26-8-7-18(23)21-15-9-16(10-15)22(12-19(24)25)11-13-1-2-13/h3-6,13,15-16H,1-2,7-12H2,(H,21,23)(H,24,25). The number of halogens is 1. The van der Waals surface area contributed by atoms with Crippen molar-refractivity contribution in [3.63, 3.8) is 0 Å². The number of carbonyl (C=O) groups is 2. The number of nitrogens with one attached hydrogen (secondary N) is 1. The molecule has 142 valence electrons. The van der Waals surface area contributed by atoms with Gasteiger partial charge in [0.25, 0.3) is 0 Å². The number of carboxylic acid groups (broad SMARTS) is 1. The number of hydrogen-bond acceptors (Lipinski definition) is 4. The molecular formula is C19H25ClN2O3S. The van der Waals surface area contributed by atoms with Crippen LogP contribution in [0.3, 0.4) is 0 Å². The van der Waals surface area contributed by atoms with Crippen molar-refractivity contribution < 1.29 is 14.7 Å². The number of aliphatic carboxylic acids is 1. The van der Waals surface area contributed by atoms with Gasteiger partial charge in [0.15, 0.2) is 0 Å². The second-order valence-electron chi connectivity index (χ2n) is 7.21. The molecule has 26 heavy (non-hydrogen) atoms. The molecule has 0 aromatic heterocycles. The van der Waals surface area contributed by atoms with Gasteiger partial charge in [-0.3, -0.25) is 14.5 Å².